The fourth-order valence-corrected chi connectivity index (χ4v) is 2.62. The molecule has 1 fully saturated rings. The van der Waals surface area contributed by atoms with E-state index < -0.39 is 0 Å². The number of hydrogen-bond donors (Lipinski definition) is 1. The molecule has 1 aromatic carbocycles. The van der Waals surface area contributed by atoms with Crippen molar-refractivity contribution >= 4 is 11.6 Å². The second-order valence-corrected chi connectivity index (χ2v) is 5.15. The highest BCUT2D eigenvalue weighted by atomic mass is 35.5. The second-order valence-electron chi connectivity index (χ2n) is 4.75. The van der Waals surface area contributed by atoms with Gasteiger partial charge in [-0.1, -0.05) is 29.8 Å². The Morgan fingerprint density at radius 2 is 2.29 bits per heavy atom. The maximum absolute atomic E-state index is 6.19. The van der Waals surface area contributed by atoms with E-state index in [9.17, 15) is 0 Å². The van der Waals surface area contributed by atoms with Crippen molar-refractivity contribution < 1.29 is 4.74 Å². The van der Waals surface area contributed by atoms with Gasteiger partial charge in [0.15, 0.2) is 0 Å². The zero-order chi connectivity index (χ0) is 12.1. The molecule has 94 valence electrons. The van der Waals surface area contributed by atoms with Crippen LogP contribution >= 0.6 is 11.6 Å². The summed E-state index contributed by atoms with van der Waals surface area (Å²) in [5.74, 6) is 0.704. The minimum absolute atomic E-state index is 0.488. The lowest BCUT2D eigenvalue weighted by Crippen LogP contribution is -2.30. The third-order valence-electron chi connectivity index (χ3n) is 3.47. The molecule has 1 heterocycles. The average Bonchev–Trinajstić information content (AvgIpc) is 2.84. The summed E-state index contributed by atoms with van der Waals surface area (Å²) in [6, 6.07) is 8.58. The summed E-state index contributed by atoms with van der Waals surface area (Å²) in [5.41, 5.74) is 1.23. The zero-order valence-electron chi connectivity index (χ0n) is 10.3. The van der Waals surface area contributed by atoms with Gasteiger partial charge in [0.2, 0.25) is 0 Å². The lowest BCUT2D eigenvalue weighted by Gasteiger charge is -2.20. The molecule has 1 saturated heterocycles. The maximum atomic E-state index is 6.19. The average molecular weight is 254 g/mol. The Morgan fingerprint density at radius 1 is 1.47 bits per heavy atom. The molecule has 17 heavy (non-hydrogen) atoms. The van der Waals surface area contributed by atoms with Gasteiger partial charge >= 0.3 is 0 Å². The molecule has 2 atom stereocenters. The monoisotopic (exact) mass is 253 g/mol. The van der Waals surface area contributed by atoms with E-state index in [1.165, 1.54) is 18.4 Å². The zero-order valence-corrected chi connectivity index (χ0v) is 11.0. The largest absolute Gasteiger partial charge is 0.381 e. The van der Waals surface area contributed by atoms with Crippen molar-refractivity contribution in [3.05, 3.63) is 34.9 Å². The van der Waals surface area contributed by atoms with E-state index in [4.69, 9.17) is 16.3 Å². The molecular weight excluding hydrogens is 234 g/mol. The van der Waals surface area contributed by atoms with Crippen LogP contribution in [0.25, 0.3) is 0 Å². The molecule has 1 aliphatic heterocycles. The Kier molecular flexibility index (Phi) is 4.84. The van der Waals surface area contributed by atoms with Crippen molar-refractivity contribution in [1.29, 1.82) is 0 Å². The third kappa shape index (κ3) is 3.70. The van der Waals surface area contributed by atoms with Gasteiger partial charge in [0.25, 0.3) is 0 Å². The van der Waals surface area contributed by atoms with Crippen molar-refractivity contribution in [2.75, 3.05) is 20.3 Å². The SMILES string of the molecule is CNC(Cc1ccccc1Cl)CC1CCOC1. The lowest BCUT2D eigenvalue weighted by molar-refractivity contribution is 0.181. The fraction of sp³-hybridized carbons (Fsp3) is 0.571. The Bertz CT molecular complexity index is 350. The molecule has 2 unspecified atom stereocenters. The quantitative estimate of drug-likeness (QED) is 0.871. The molecule has 1 N–H and O–H groups in total. The van der Waals surface area contributed by atoms with Crippen molar-refractivity contribution in [1.82, 2.24) is 5.32 Å². The maximum Gasteiger partial charge on any atom is 0.0495 e. The van der Waals surface area contributed by atoms with E-state index in [1.54, 1.807) is 0 Å². The number of ether oxygens (including phenoxy) is 1. The molecule has 2 rings (SSSR count). The summed E-state index contributed by atoms with van der Waals surface area (Å²) in [4.78, 5) is 0. The minimum atomic E-state index is 0.488. The van der Waals surface area contributed by atoms with Gasteiger partial charge in [-0.05, 0) is 43.9 Å². The van der Waals surface area contributed by atoms with Crippen LogP contribution in [0.4, 0.5) is 0 Å². The van der Waals surface area contributed by atoms with Crippen LogP contribution in [0.5, 0.6) is 0 Å². The first-order valence-corrected chi connectivity index (χ1v) is 6.66. The summed E-state index contributed by atoms with van der Waals surface area (Å²) in [6.45, 7) is 1.84. The third-order valence-corrected chi connectivity index (χ3v) is 3.84. The van der Waals surface area contributed by atoms with E-state index in [1.807, 2.05) is 25.2 Å². The summed E-state index contributed by atoms with van der Waals surface area (Å²) in [5, 5.41) is 4.26. The first-order chi connectivity index (χ1) is 8.29. The molecule has 0 aliphatic carbocycles. The van der Waals surface area contributed by atoms with Crippen LogP contribution in [-0.2, 0) is 11.2 Å². The number of rotatable bonds is 5. The summed E-state index contributed by atoms with van der Waals surface area (Å²) in [6.07, 6.45) is 3.36. The predicted octanol–water partition coefficient (Wildman–Crippen LogP) is 2.90. The van der Waals surface area contributed by atoms with Crippen molar-refractivity contribution in [3.8, 4) is 0 Å². The Balaban J connectivity index is 1.92. The van der Waals surface area contributed by atoms with Gasteiger partial charge < -0.3 is 10.1 Å². The molecule has 0 aromatic heterocycles. The highest BCUT2D eigenvalue weighted by molar-refractivity contribution is 6.31. The van der Waals surface area contributed by atoms with Gasteiger partial charge in [-0.25, -0.2) is 0 Å². The number of benzene rings is 1. The molecule has 2 nitrogen and oxygen atoms in total. The predicted molar refractivity (Wildman–Crippen MR) is 71.5 cm³/mol. The minimum Gasteiger partial charge on any atom is -0.381 e. The van der Waals surface area contributed by atoms with Gasteiger partial charge in [-0.3, -0.25) is 0 Å². The summed E-state index contributed by atoms with van der Waals surface area (Å²) >= 11 is 6.19. The Hall–Kier alpha value is -0.570. The van der Waals surface area contributed by atoms with E-state index in [0.29, 0.717) is 12.0 Å². The van der Waals surface area contributed by atoms with Crippen molar-refractivity contribution in [2.45, 2.75) is 25.3 Å². The van der Waals surface area contributed by atoms with E-state index in [2.05, 4.69) is 11.4 Å². The summed E-state index contributed by atoms with van der Waals surface area (Å²) in [7, 11) is 2.03. The van der Waals surface area contributed by atoms with Crippen LogP contribution in [0.3, 0.4) is 0 Å². The van der Waals surface area contributed by atoms with Crippen LogP contribution in [0.1, 0.15) is 18.4 Å². The normalized spacial score (nSPS) is 21.6. The molecule has 0 saturated carbocycles. The Morgan fingerprint density at radius 3 is 2.94 bits per heavy atom. The van der Waals surface area contributed by atoms with Crippen molar-refractivity contribution in [2.24, 2.45) is 5.92 Å². The van der Waals surface area contributed by atoms with Crippen LogP contribution < -0.4 is 5.32 Å². The smallest absolute Gasteiger partial charge is 0.0495 e. The molecule has 1 aliphatic rings. The molecule has 0 bridgehead atoms. The number of halogens is 1. The lowest BCUT2D eigenvalue weighted by atomic mass is 9.94. The molecule has 0 radical (unpaired) electrons. The summed E-state index contributed by atoms with van der Waals surface area (Å²) < 4.78 is 5.42. The van der Waals surface area contributed by atoms with E-state index >= 15 is 0 Å². The van der Waals surface area contributed by atoms with E-state index in [0.717, 1.165) is 24.7 Å². The molecule has 0 spiro atoms. The van der Waals surface area contributed by atoms with Gasteiger partial charge in [-0.15, -0.1) is 0 Å². The van der Waals surface area contributed by atoms with Crippen LogP contribution in [0, 0.1) is 5.92 Å². The first kappa shape index (κ1) is 12.9. The van der Waals surface area contributed by atoms with Crippen LogP contribution in [0.15, 0.2) is 24.3 Å². The van der Waals surface area contributed by atoms with Crippen molar-refractivity contribution in [3.63, 3.8) is 0 Å². The topological polar surface area (TPSA) is 21.3 Å². The fourth-order valence-electron chi connectivity index (χ4n) is 2.40. The van der Waals surface area contributed by atoms with Gasteiger partial charge in [0, 0.05) is 24.3 Å². The Labute approximate surface area is 108 Å². The highest BCUT2D eigenvalue weighted by Crippen LogP contribution is 2.22. The molecule has 3 heteroatoms. The first-order valence-electron chi connectivity index (χ1n) is 6.28. The van der Waals surface area contributed by atoms with Crippen LogP contribution in [-0.4, -0.2) is 26.3 Å². The molecule has 1 aromatic rings. The second kappa shape index (κ2) is 6.39. The molecular formula is C14H20ClNO. The number of nitrogens with one attached hydrogen (secondary N) is 1. The number of likely N-dealkylation sites (N-methyl/N-ethyl adjacent to an activating group) is 1. The standard InChI is InChI=1S/C14H20ClNO/c1-16-13(8-11-6-7-17-10-11)9-12-4-2-3-5-14(12)15/h2-5,11,13,16H,6-10H2,1H3. The van der Waals surface area contributed by atoms with Gasteiger partial charge in [0.05, 0.1) is 0 Å². The van der Waals surface area contributed by atoms with Crippen LogP contribution in [0.2, 0.25) is 5.02 Å². The van der Waals surface area contributed by atoms with E-state index in [-0.39, 0.29) is 0 Å². The van der Waals surface area contributed by atoms with Gasteiger partial charge in [-0.2, -0.15) is 0 Å². The molecule has 0 amide bonds. The van der Waals surface area contributed by atoms with Gasteiger partial charge in [0.1, 0.15) is 0 Å². The number of hydrogen-bond acceptors (Lipinski definition) is 2. The highest BCUT2D eigenvalue weighted by Gasteiger charge is 2.20.